The van der Waals surface area contributed by atoms with Gasteiger partial charge in [0.1, 0.15) is 6.07 Å². The minimum atomic E-state index is -1.16. The minimum absolute atomic E-state index is 0.304. The molecule has 0 amide bonds. The summed E-state index contributed by atoms with van der Waals surface area (Å²) < 4.78 is 12.2. The van der Waals surface area contributed by atoms with Gasteiger partial charge >= 0.3 is 0 Å². The summed E-state index contributed by atoms with van der Waals surface area (Å²) in [7, 11) is -1.16. The number of nitrogen functional groups attached to an aromatic ring is 1. The van der Waals surface area contributed by atoms with Gasteiger partial charge < -0.3 is 5.73 Å². The molecule has 3 nitrogen and oxygen atoms in total. The highest BCUT2D eigenvalue weighted by Crippen LogP contribution is 2.19. The molecule has 90 valence electrons. The summed E-state index contributed by atoms with van der Waals surface area (Å²) in [5.41, 5.74) is 7.30. The van der Waals surface area contributed by atoms with Gasteiger partial charge in [-0.15, -0.1) is 0 Å². The molecule has 0 saturated carbocycles. The molecule has 1 atom stereocenters. The number of anilines is 1. The third-order valence-corrected chi connectivity index (χ3v) is 3.96. The van der Waals surface area contributed by atoms with Crippen LogP contribution in [0.25, 0.3) is 0 Å². The van der Waals surface area contributed by atoms with Crippen LogP contribution in [0, 0.1) is 11.3 Å². The standard InChI is InChI=1S/C14H12N2OS/c15-9-13-11(5-4-8-14(13)16)10-18(17)12-6-2-1-3-7-12/h1-8H,10,16H2. The van der Waals surface area contributed by atoms with Gasteiger partial charge in [0.2, 0.25) is 0 Å². The average Bonchev–Trinajstić information content (AvgIpc) is 2.40. The Morgan fingerprint density at radius 3 is 2.50 bits per heavy atom. The Morgan fingerprint density at radius 1 is 1.11 bits per heavy atom. The van der Waals surface area contributed by atoms with Crippen molar-refractivity contribution in [1.29, 1.82) is 5.26 Å². The molecule has 18 heavy (non-hydrogen) atoms. The summed E-state index contributed by atoms with van der Waals surface area (Å²) in [6, 6.07) is 16.5. The van der Waals surface area contributed by atoms with Gasteiger partial charge in [0.05, 0.1) is 22.1 Å². The minimum Gasteiger partial charge on any atom is -0.398 e. The van der Waals surface area contributed by atoms with Crippen LogP contribution in [0.15, 0.2) is 53.4 Å². The molecule has 0 saturated heterocycles. The maximum atomic E-state index is 12.2. The average molecular weight is 256 g/mol. The van der Waals surface area contributed by atoms with E-state index in [0.717, 1.165) is 10.5 Å². The number of hydrogen-bond acceptors (Lipinski definition) is 3. The fourth-order valence-corrected chi connectivity index (χ4v) is 2.82. The Kier molecular flexibility index (Phi) is 3.75. The molecular formula is C14H12N2OS. The smallest absolute Gasteiger partial charge is 0.102 e. The maximum Gasteiger partial charge on any atom is 0.102 e. The van der Waals surface area contributed by atoms with Crippen molar-refractivity contribution in [3.63, 3.8) is 0 Å². The van der Waals surface area contributed by atoms with Crippen LogP contribution in [0.4, 0.5) is 5.69 Å². The predicted octanol–water partition coefficient (Wildman–Crippen LogP) is 2.45. The summed E-state index contributed by atoms with van der Waals surface area (Å²) >= 11 is 0. The lowest BCUT2D eigenvalue weighted by atomic mass is 10.1. The molecular weight excluding hydrogens is 244 g/mol. The van der Waals surface area contributed by atoms with Crippen LogP contribution in [-0.2, 0) is 16.6 Å². The van der Waals surface area contributed by atoms with Crippen molar-refractivity contribution in [3.8, 4) is 6.07 Å². The highest BCUT2D eigenvalue weighted by atomic mass is 32.2. The molecule has 2 aromatic rings. The molecule has 2 N–H and O–H groups in total. The summed E-state index contributed by atoms with van der Waals surface area (Å²) in [4.78, 5) is 0.754. The molecule has 0 aliphatic carbocycles. The molecule has 0 spiro atoms. The number of hydrogen-bond donors (Lipinski definition) is 1. The van der Waals surface area contributed by atoms with Crippen LogP contribution in [0.5, 0.6) is 0 Å². The zero-order valence-corrected chi connectivity index (χ0v) is 10.5. The van der Waals surface area contributed by atoms with E-state index in [1.807, 2.05) is 30.3 Å². The van der Waals surface area contributed by atoms with E-state index in [4.69, 9.17) is 11.0 Å². The normalized spacial score (nSPS) is 11.7. The van der Waals surface area contributed by atoms with Crippen molar-refractivity contribution >= 4 is 16.5 Å². The van der Waals surface area contributed by atoms with Gasteiger partial charge in [-0.3, -0.25) is 4.21 Å². The largest absolute Gasteiger partial charge is 0.398 e. The van der Waals surface area contributed by atoms with E-state index in [0.29, 0.717) is 17.0 Å². The third kappa shape index (κ3) is 2.58. The molecule has 0 aliphatic heterocycles. The van der Waals surface area contributed by atoms with Gasteiger partial charge in [-0.1, -0.05) is 30.3 Å². The lowest BCUT2D eigenvalue weighted by molar-refractivity contribution is 0.682. The molecule has 0 bridgehead atoms. The van der Waals surface area contributed by atoms with Crippen LogP contribution < -0.4 is 5.73 Å². The maximum absolute atomic E-state index is 12.2. The van der Waals surface area contributed by atoms with Gasteiger partial charge in [0, 0.05) is 10.6 Å². The van der Waals surface area contributed by atoms with Crippen molar-refractivity contribution in [3.05, 3.63) is 59.7 Å². The van der Waals surface area contributed by atoms with E-state index in [-0.39, 0.29) is 0 Å². The van der Waals surface area contributed by atoms with Gasteiger partial charge in [-0.25, -0.2) is 0 Å². The molecule has 0 heterocycles. The SMILES string of the molecule is N#Cc1c(N)cccc1CS(=O)c1ccccc1. The van der Waals surface area contributed by atoms with Crippen molar-refractivity contribution < 1.29 is 4.21 Å². The predicted molar refractivity (Wildman–Crippen MR) is 72.1 cm³/mol. The van der Waals surface area contributed by atoms with E-state index < -0.39 is 10.8 Å². The van der Waals surface area contributed by atoms with Crippen molar-refractivity contribution in [1.82, 2.24) is 0 Å². The number of nitrogens with zero attached hydrogens (tertiary/aromatic N) is 1. The summed E-state index contributed by atoms with van der Waals surface area (Å²) in [5, 5.41) is 9.05. The van der Waals surface area contributed by atoms with Crippen LogP contribution in [0.3, 0.4) is 0 Å². The zero-order valence-electron chi connectivity index (χ0n) is 9.67. The highest BCUT2D eigenvalue weighted by molar-refractivity contribution is 7.84. The van der Waals surface area contributed by atoms with Crippen LogP contribution in [0.1, 0.15) is 11.1 Å². The van der Waals surface area contributed by atoms with E-state index in [1.165, 1.54) is 0 Å². The molecule has 0 aliphatic rings. The Morgan fingerprint density at radius 2 is 1.83 bits per heavy atom. The topological polar surface area (TPSA) is 66.9 Å². The van der Waals surface area contributed by atoms with E-state index in [9.17, 15) is 4.21 Å². The van der Waals surface area contributed by atoms with Gasteiger partial charge in [-0.05, 0) is 23.8 Å². The van der Waals surface area contributed by atoms with Gasteiger partial charge in [0.15, 0.2) is 0 Å². The van der Waals surface area contributed by atoms with E-state index >= 15 is 0 Å². The summed E-state index contributed by atoms with van der Waals surface area (Å²) in [6.45, 7) is 0. The summed E-state index contributed by atoms with van der Waals surface area (Å²) in [5.74, 6) is 0.304. The molecule has 0 aromatic heterocycles. The quantitative estimate of drug-likeness (QED) is 0.858. The lowest BCUT2D eigenvalue weighted by Gasteiger charge is -2.06. The Balaban J connectivity index is 2.29. The fraction of sp³-hybridized carbons (Fsp3) is 0.0714. The second kappa shape index (κ2) is 5.48. The van der Waals surface area contributed by atoms with E-state index in [2.05, 4.69) is 6.07 Å². The van der Waals surface area contributed by atoms with Crippen LogP contribution in [0.2, 0.25) is 0 Å². The number of nitriles is 1. The number of benzene rings is 2. The molecule has 0 fully saturated rings. The van der Waals surface area contributed by atoms with E-state index in [1.54, 1.807) is 18.2 Å². The number of rotatable bonds is 3. The zero-order chi connectivity index (χ0) is 13.0. The van der Waals surface area contributed by atoms with Gasteiger partial charge in [-0.2, -0.15) is 5.26 Å². The lowest BCUT2D eigenvalue weighted by Crippen LogP contribution is -2.01. The molecule has 2 aromatic carbocycles. The van der Waals surface area contributed by atoms with Crippen molar-refractivity contribution in [2.75, 3.05) is 5.73 Å². The first-order chi connectivity index (χ1) is 8.72. The molecule has 2 rings (SSSR count). The highest BCUT2D eigenvalue weighted by Gasteiger charge is 2.10. The van der Waals surface area contributed by atoms with Gasteiger partial charge in [0.25, 0.3) is 0 Å². The van der Waals surface area contributed by atoms with Crippen molar-refractivity contribution in [2.45, 2.75) is 10.6 Å². The second-order valence-corrected chi connectivity index (χ2v) is 5.25. The first-order valence-corrected chi connectivity index (χ1v) is 6.75. The monoisotopic (exact) mass is 256 g/mol. The summed E-state index contributed by atoms with van der Waals surface area (Å²) in [6.07, 6.45) is 0. The number of nitrogens with two attached hydrogens (primary N) is 1. The Hall–Kier alpha value is -2.12. The van der Waals surface area contributed by atoms with Crippen LogP contribution >= 0.6 is 0 Å². The Bertz CT molecular complexity index is 617. The first kappa shape index (κ1) is 12.3. The van der Waals surface area contributed by atoms with Crippen molar-refractivity contribution in [2.24, 2.45) is 0 Å². The molecule has 0 radical (unpaired) electrons. The first-order valence-electron chi connectivity index (χ1n) is 5.43. The molecule has 4 heteroatoms. The molecule has 1 unspecified atom stereocenters. The van der Waals surface area contributed by atoms with Crippen LogP contribution in [-0.4, -0.2) is 4.21 Å². The third-order valence-electron chi connectivity index (χ3n) is 2.59. The second-order valence-electron chi connectivity index (χ2n) is 3.80. The fourth-order valence-electron chi connectivity index (χ4n) is 1.67. The Labute approximate surface area is 108 Å².